The van der Waals surface area contributed by atoms with Crippen LogP contribution < -0.4 is 15.0 Å². The Morgan fingerprint density at radius 3 is 2.40 bits per heavy atom. The van der Waals surface area contributed by atoms with E-state index in [4.69, 9.17) is 26.1 Å². The number of aromatic nitrogens is 2. The Bertz CT molecular complexity index is 1300. The molecule has 0 fully saturated rings. The van der Waals surface area contributed by atoms with Crippen molar-refractivity contribution < 1.29 is 9.47 Å². The molecule has 0 saturated heterocycles. The van der Waals surface area contributed by atoms with Crippen LogP contribution in [0.2, 0.25) is 5.02 Å². The van der Waals surface area contributed by atoms with E-state index < -0.39 is 0 Å². The summed E-state index contributed by atoms with van der Waals surface area (Å²) in [5, 5.41) is 0.996. The Kier molecular flexibility index (Phi) is 5.55. The van der Waals surface area contributed by atoms with E-state index in [1.54, 1.807) is 29.9 Å². The van der Waals surface area contributed by atoms with Crippen LogP contribution in [0.15, 0.2) is 71.5 Å². The predicted molar refractivity (Wildman–Crippen MR) is 121 cm³/mol. The lowest BCUT2D eigenvalue weighted by Gasteiger charge is -2.12. The Morgan fingerprint density at radius 1 is 0.933 bits per heavy atom. The zero-order valence-electron chi connectivity index (χ0n) is 16.5. The van der Waals surface area contributed by atoms with Gasteiger partial charge in [-0.25, -0.2) is 4.98 Å². The van der Waals surface area contributed by atoms with E-state index >= 15 is 0 Å². The third-order valence-electron chi connectivity index (χ3n) is 4.70. The predicted octanol–water partition coefficient (Wildman–Crippen LogP) is 5.23. The Morgan fingerprint density at radius 2 is 1.67 bits per heavy atom. The summed E-state index contributed by atoms with van der Waals surface area (Å²) < 4.78 is 12.3. The number of ether oxygens (including phenoxy) is 2. The quantitative estimate of drug-likeness (QED) is 0.445. The lowest BCUT2D eigenvalue weighted by Crippen LogP contribution is -2.22. The van der Waals surface area contributed by atoms with Crippen molar-refractivity contribution in [1.29, 1.82) is 0 Å². The number of para-hydroxylation sites is 2. The maximum absolute atomic E-state index is 13.2. The van der Waals surface area contributed by atoms with Gasteiger partial charge >= 0.3 is 0 Å². The van der Waals surface area contributed by atoms with Gasteiger partial charge in [-0.05, 0) is 48.0 Å². The lowest BCUT2D eigenvalue weighted by molar-refractivity contribution is 0.355. The third kappa shape index (κ3) is 3.67. The molecule has 1 heterocycles. The first kappa shape index (κ1) is 19.7. The Balaban J connectivity index is 1.89. The molecule has 0 N–H and O–H groups in total. The fraction of sp³-hybridized carbons (Fsp3) is 0.0833. The summed E-state index contributed by atoms with van der Waals surface area (Å²) in [5.41, 5.74) is 2.04. The van der Waals surface area contributed by atoms with Crippen molar-refractivity contribution in [2.75, 3.05) is 14.2 Å². The van der Waals surface area contributed by atoms with Crippen LogP contribution >= 0.6 is 11.6 Å². The van der Waals surface area contributed by atoms with Crippen molar-refractivity contribution in [2.24, 2.45) is 0 Å². The summed E-state index contributed by atoms with van der Waals surface area (Å²) in [5.74, 6) is 1.51. The molecule has 0 radical (unpaired) electrons. The second kappa shape index (κ2) is 8.43. The van der Waals surface area contributed by atoms with Gasteiger partial charge in [-0.2, -0.15) is 0 Å². The van der Waals surface area contributed by atoms with Crippen molar-refractivity contribution in [3.63, 3.8) is 0 Å². The molecule has 0 aliphatic heterocycles. The topological polar surface area (TPSA) is 53.3 Å². The second-order valence-corrected chi connectivity index (χ2v) is 6.94. The van der Waals surface area contributed by atoms with E-state index in [9.17, 15) is 4.79 Å². The highest BCUT2D eigenvalue weighted by molar-refractivity contribution is 6.32. The SMILES string of the molecule is COc1cc(/C=C/c2nc3ccccc3c(=O)n2-c2ccccc2)cc(Cl)c1OC. The highest BCUT2D eigenvalue weighted by atomic mass is 35.5. The van der Waals surface area contributed by atoms with Gasteiger partial charge in [-0.15, -0.1) is 0 Å². The zero-order valence-corrected chi connectivity index (χ0v) is 17.3. The first-order valence-electron chi connectivity index (χ1n) is 9.29. The summed E-state index contributed by atoms with van der Waals surface area (Å²) in [4.78, 5) is 17.9. The lowest BCUT2D eigenvalue weighted by atomic mass is 10.1. The maximum Gasteiger partial charge on any atom is 0.266 e. The first-order chi connectivity index (χ1) is 14.6. The molecule has 30 heavy (non-hydrogen) atoms. The Labute approximate surface area is 178 Å². The van der Waals surface area contributed by atoms with Crippen molar-refractivity contribution in [2.45, 2.75) is 0 Å². The van der Waals surface area contributed by atoms with E-state index in [-0.39, 0.29) is 5.56 Å². The van der Waals surface area contributed by atoms with Gasteiger partial charge in [0.2, 0.25) is 0 Å². The molecular weight excluding hydrogens is 400 g/mol. The summed E-state index contributed by atoms with van der Waals surface area (Å²) in [6.45, 7) is 0. The number of rotatable bonds is 5. The minimum atomic E-state index is -0.128. The molecule has 0 amide bonds. The fourth-order valence-electron chi connectivity index (χ4n) is 3.29. The molecular formula is C24H19ClN2O3. The minimum absolute atomic E-state index is 0.128. The smallest absolute Gasteiger partial charge is 0.266 e. The number of hydrogen-bond donors (Lipinski definition) is 0. The number of fused-ring (bicyclic) bond motifs is 1. The van der Waals surface area contributed by atoms with Gasteiger partial charge in [0.05, 0.1) is 35.8 Å². The van der Waals surface area contributed by atoms with Crippen LogP contribution in [0.4, 0.5) is 0 Å². The first-order valence-corrected chi connectivity index (χ1v) is 9.67. The van der Waals surface area contributed by atoms with Gasteiger partial charge < -0.3 is 9.47 Å². The largest absolute Gasteiger partial charge is 0.493 e. The molecule has 1 aromatic heterocycles. The second-order valence-electron chi connectivity index (χ2n) is 6.53. The monoisotopic (exact) mass is 418 g/mol. The molecule has 0 bridgehead atoms. The maximum atomic E-state index is 13.2. The van der Waals surface area contributed by atoms with Crippen LogP contribution in [-0.4, -0.2) is 23.8 Å². The normalized spacial score (nSPS) is 11.2. The van der Waals surface area contributed by atoms with Gasteiger partial charge in [0.25, 0.3) is 5.56 Å². The summed E-state index contributed by atoms with van der Waals surface area (Å²) >= 11 is 6.32. The minimum Gasteiger partial charge on any atom is -0.493 e. The van der Waals surface area contributed by atoms with E-state index in [1.807, 2.05) is 60.7 Å². The molecule has 0 aliphatic rings. The van der Waals surface area contributed by atoms with Crippen LogP contribution in [0.3, 0.4) is 0 Å². The zero-order chi connectivity index (χ0) is 21.1. The van der Waals surface area contributed by atoms with Crippen LogP contribution in [0, 0.1) is 0 Å². The van der Waals surface area contributed by atoms with Gasteiger partial charge in [0.1, 0.15) is 5.82 Å². The van der Waals surface area contributed by atoms with E-state index in [2.05, 4.69) is 0 Å². The van der Waals surface area contributed by atoms with Crippen molar-refractivity contribution >= 4 is 34.7 Å². The van der Waals surface area contributed by atoms with Crippen LogP contribution in [0.5, 0.6) is 11.5 Å². The summed E-state index contributed by atoms with van der Waals surface area (Å²) in [6.07, 6.45) is 3.63. The number of benzene rings is 3. The molecule has 6 heteroatoms. The van der Waals surface area contributed by atoms with E-state index in [1.165, 1.54) is 7.11 Å². The molecule has 0 unspecified atom stereocenters. The van der Waals surface area contributed by atoms with Crippen LogP contribution in [0.25, 0.3) is 28.7 Å². The van der Waals surface area contributed by atoms with E-state index in [0.29, 0.717) is 33.2 Å². The summed E-state index contributed by atoms with van der Waals surface area (Å²) in [6, 6.07) is 20.3. The molecule has 0 spiro atoms. The molecule has 150 valence electrons. The van der Waals surface area contributed by atoms with Gasteiger partial charge in [0, 0.05) is 0 Å². The van der Waals surface area contributed by atoms with Crippen molar-refractivity contribution in [3.8, 4) is 17.2 Å². The average Bonchev–Trinajstić information content (AvgIpc) is 2.78. The highest BCUT2D eigenvalue weighted by Gasteiger charge is 2.12. The van der Waals surface area contributed by atoms with Crippen molar-refractivity contribution in [1.82, 2.24) is 9.55 Å². The molecule has 0 aliphatic carbocycles. The van der Waals surface area contributed by atoms with Gasteiger partial charge in [-0.3, -0.25) is 9.36 Å². The van der Waals surface area contributed by atoms with Gasteiger partial charge in [-0.1, -0.05) is 48.0 Å². The number of halogens is 1. The highest BCUT2D eigenvalue weighted by Crippen LogP contribution is 2.36. The fourth-order valence-corrected chi connectivity index (χ4v) is 3.59. The van der Waals surface area contributed by atoms with E-state index in [0.717, 1.165) is 11.3 Å². The molecule has 0 saturated carbocycles. The van der Waals surface area contributed by atoms with Gasteiger partial charge in [0.15, 0.2) is 11.5 Å². The molecule has 3 aromatic carbocycles. The molecule has 5 nitrogen and oxygen atoms in total. The number of methoxy groups -OCH3 is 2. The third-order valence-corrected chi connectivity index (χ3v) is 4.98. The number of hydrogen-bond acceptors (Lipinski definition) is 4. The number of nitrogens with zero attached hydrogens (tertiary/aromatic N) is 2. The Hall–Kier alpha value is -3.57. The molecule has 4 rings (SSSR count). The van der Waals surface area contributed by atoms with Crippen LogP contribution in [0.1, 0.15) is 11.4 Å². The molecule has 4 aromatic rings. The van der Waals surface area contributed by atoms with Crippen LogP contribution in [-0.2, 0) is 0 Å². The average molecular weight is 419 g/mol. The standard InChI is InChI=1S/C24H19ClN2O3/c1-29-21-15-16(14-19(25)23(21)30-2)12-13-22-26-20-11-7-6-10-18(20)24(28)27(22)17-8-4-3-5-9-17/h3-15H,1-2H3/b13-12+. The summed E-state index contributed by atoms with van der Waals surface area (Å²) in [7, 11) is 3.09. The van der Waals surface area contributed by atoms with Crippen molar-refractivity contribution in [3.05, 3.63) is 93.5 Å². The molecule has 0 atom stereocenters.